The van der Waals surface area contributed by atoms with Gasteiger partial charge in [0.15, 0.2) is 6.10 Å². The number of carbonyl (C=O) groups excluding carboxylic acids is 2. The number of rotatable bonds is 36. The molecule has 0 aliphatic rings. The summed E-state index contributed by atoms with van der Waals surface area (Å²) in [5.74, 6) is -0.854. The van der Waals surface area contributed by atoms with Crippen molar-refractivity contribution in [2.24, 2.45) is 0 Å². The van der Waals surface area contributed by atoms with Gasteiger partial charge in [0.25, 0.3) is 0 Å². The molecule has 0 heterocycles. The molecular weight excluding hydrogens is 675 g/mol. The molecule has 0 bridgehead atoms. The third-order valence-corrected chi connectivity index (χ3v) is 9.12. The van der Waals surface area contributed by atoms with Gasteiger partial charge in [-0.3, -0.25) is 18.6 Å². The van der Waals surface area contributed by atoms with Gasteiger partial charge >= 0.3 is 19.8 Å². The molecule has 0 fully saturated rings. The molecule has 8 nitrogen and oxygen atoms in total. The normalized spacial score (nSPS) is 14.2. The molecule has 0 rings (SSSR count). The molecule has 0 saturated heterocycles. The zero-order valence-corrected chi connectivity index (χ0v) is 33.8. The summed E-state index contributed by atoms with van der Waals surface area (Å²) in [5.41, 5.74) is 0. The number of unbranched alkanes of at least 4 members (excludes halogenated alkanes) is 13. The van der Waals surface area contributed by atoms with Crippen LogP contribution in [0, 0.1) is 0 Å². The number of hydrogen-bond acceptors (Lipinski definition) is 7. The van der Waals surface area contributed by atoms with E-state index in [1.165, 1.54) is 32.1 Å². The van der Waals surface area contributed by atoms with Crippen LogP contribution in [0.2, 0.25) is 0 Å². The number of allylic oxidation sites excluding steroid dienone is 12. The summed E-state index contributed by atoms with van der Waals surface area (Å²) < 4.78 is 31.9. The van der Waals surface area contributed by atoms with Gasteiger partial charge in [0.2, 0.25) is 0 Å². The predicted molar refractivity (Wildman–Crippen MR) is 216 cm³/mol. The molecule has 9 heteroatoms. The lowest BCUT2D eigenvalue weighted by atomic mass is 10.1. The molecule has 0 aliphatic heterocycles. The Hall–Kier alpha value is -2.51. The topological polar surface area (TPSA) is 108 Å². The molecule has 298 valence electrons. The van der Waals surface area contributed by atoms with Crippen molar-refractivity contribution in [1.82, 2.24) is 0 Å². The Morgan fingerprint density at radius 3 is 1.46 bits per heavy atom. The summed E-state index contributed by atoms with van der Waals surface area (Å²) in [6.07, 6.45) is 48.0. The van der Waals surface area contributed by atoms with Crippen LogP contribution in [0.4, 0.5) is 0 Å². The maximum Gasteiger partial charge on any atom is 0.472 e. The van der Waals surface area contributed by atoms with Crippen LogP contribution in [0.1, 0.15) is 162 Å². The highest BCUT2D eigenvalue weighted by Gasteiger charge is 2.24. The number of ether oxygens (including phenoxy) is 2. The van der Waals surface area contributed by atoms with Gasteiger partial charge < -0.3 is 14.4 Å². The van der Waals surface area contributed by atoms with E-state index >= 15 is 0 Å². The fraction of sp³-hybridized carbons (Fsp3) is 0.674. The van der Waals surface area contributed by atoms with E-state index in [4.69, 9.17) is 14.0 Å². The first kappa shape index (κ1) is 49.5. The average molecular weight is 749 g/mol. The third kappa shape index (κ3) is 37.3. The Bertz CT molecular complexity index is 1080. The van der Waals surface area contributed by atoms with Crippen LogP contribution in [0.5, 0.6) is 0 Å². The first-order valence-electron chi connectivity index (χ1n) is 20.1. The van der Waals surface area contributed by atoms with Gasteiger partial charge in [-0.05, 0) is 83.5 Å². The molecule has 2 atom stereocenters. The van der Waals surface area contributed by atoms with Gasteiger partial charge in [-0.2, -0.15) is 0 Å². The van der Waals surface area contributed by atoms with Crippen LogP contribution in [0.15, 0.2) is 72.9 Å². The maximum atomic E-state index is 12.5. The summed E-state index contributed by atoms with van der Waals surface area (Å²) >= 11 is 0. The zero-order valence-electron chi connectivity index (χ0n) is 32.9. The molecule has 0 amide bonds. The van der Waals surface area contributed by atoms with Crippen LogP contribution in [-0.2, 0) is 32.7 Å². The van der Waals surface area contributed by atoms with Crippen molar-refractivity contribution >= 4 is 19.8 Å². The van der Waals surface area contributed by atoms with E-state index in [-0.39, 0.29) is 19.4 Å². The molecule has 1 N–H and O–H groups in total. The molecule has 0 saturated carbocycles. The lowest BCUT2D eigenvalue weighted by Crippen LogP contribution is -2.29. The minimum absolute atomic E-state index is 0.210. The molecule has 0 aliphatic carbocycles. The summed E-state index contributed by atoms with van der Waals surface area (Å²) in [5, 5.41) is 0. The molecule has 0 aromatic heterocycles. The fourth-order valence-electron chi connectivity index (χ4n) is 5.09. The van der Waals surface area contributed by atoms with Crippen LogP contribution in [-0.4, -0.2) is 43.3 Å². The summed E-state index contributed by atoms with van der Waals surface area (Å²) in [4.78, 5) is 34.4. The number of carbonyl (C=O) groups is 2. The first-order valence-corrected chi connectivity index (χ1v) is 21.6. The van der Waals surface area contributed by atoms with Crippen molar-refractivity contribution in [3.63, 3.8) is 0 Å². The van der Waals surface area contributed by atoms with E-state index in [2.05, 4.69) is 91.3 Å². The molecule has 0 aromatic carbocycles. The Labute approximate surface area is 317 Å². The Balaban J connectivity index is 4.13. The number of phosphoric acid groups is 1. The minimum Gasteiger partial charge on any atom is -0.462 e. The summed E-state index contributed by atoms with van der Waals surface area (Å²) in [6.45, 7) is 3.71. The van der Waals surface area contributed by atoms with Crippen molar-refractivity contribution in [2.45, 2.75) is 168 Å². The highest BCUT2D eigenvalue weighted by atomic mass is 31.2. The second kappa shape index (κ2) is 38.2. The van der Waals surface area contributed by atoms with Crippen molar-refractivity contribution in [3.8, 4) is 0 Å². The van der Waals surface area contributed by atoms with Gasteiger partial charge in [-0.15, -0.1) is 0 Å². The Morgan fingerprint density at radius 1 is 0.558 bits per heavy atom. The average Bonchev–Trinajstić information content (AvgIpc) is 3.13. The van der Waals surface area contributed by atoms with Gasteiger partial charge in [0.05, 0.1) is 6.61 Å². The summed E-state index contributed by atoms with van der Waals surface area (Å²) in [6, 6.07) is 0. The molecule has 52 heavy (non-hydrogen) atoms. The van der Waals surface area contributed by atoms with Gasteiger partial charge in [-0.1, -0.05) is 138 Å². The van der Waals surface area contributed by atoms with Gasteiger partial charge in [0.1, 0.15) is 6.61 Å². The second-order valence-corrected chi connectivity index (χ2v) is 14.6. The second-order valence-electron chi connectivity index (χ2n) is 13.0. The lowest BCUT2D eigenvalue weighted by Gasteiger charge is -2.19. The fourth-order valence-corrected chi connectivity index (χ4v) is 5.55. The molecule has 0 radical (unpaired) electrons. The van der Waals surface area contributed by atoms with E-state index in [0.29, 0.717) is 6.42 Å². The van der Waals surface area contributed by atoms with Crippen molar-refractivity contribution in [2.75, 3.05) is 20.3 Å². The van der Waals surface area contributed by atoms with Crippen LogP contribution < -0.4 is 0 Å². The maximum absolute atomic E-state index is 12.5. The Morgan fingerprint density at radius 2 is 0.981 bits per heavy atom. The molecule has 0 spiro atoms. The number of phosphoric ester groups is 1. The number of esters is 2. The zero-order chi connectivity index (χ0) is 38.2. The summed E-state index contributed by atoms with van der Waals surface area (Å²) in [7, 11) is -3.22. The monoisotopic (exact) mass is 749 g/mol. The van der Waals surface area contributed by atoms with Gasteiger partial charge in [0, 0.05) is 20.0 Å². The first-order chi connectivity index (χ1) is 25.3. The van der Waals surface area contributed by atoms with Gasteiger partial charge in [-0.25, -0.2) is 4.57 Å². The minimum atomic E-state index is -4.27. The van der Waals surface area contributed by atoms with E-state index in [1.807, 2.05) is 0 Å². The van der Waals surface area contributed by atoms with E-state index in [9.17, 15) is 19.0 Å². The largest absolute Gasteiger partial charge is 0.472 e. The highest BCUT2D eigenvalue weighted by molar-refractivity contribution is 7.47. The molecular formula is C43H73O8P. The smallest absolute Gasteiger partial charge is 0.462 e. The van der Waals surface area contributed by atoms with E-state index in [0.717, 1.165) is 103 Å². The van der Waals surface area contributed by atoms with E-state index in [1.54, 1.807) is 0 Å². The standard InChI is InChI=1S/C43H73O8P/c1-4-6-8-10-12-14-16-18-20-22-24-26-28-30-32-34-36-38-43(45)51-41(40-50-52(46,47)48-3)39-49-42(44)37-35-33-31-29-27-25-23-21-19-17-15-13-11-9-7-5-2/h6,8,12,14-15,17-18,20-21,23-24,26,41H,4-5,7,9-11,13,16,19,22,25,27-40H2,1-3H3,(H,46,47)/b8-6-,14-12-,17-15-,20-18-,23-21-,26-24-. The SMILES string of the molecule is CC/C=C\C/C=C\C/C=C\C/C=C\CCCCCCC(=O)OC(COC(=O)CCCCCCC/C=C\C/C=C\CCCCCC)COP(=O)(O)OC. The van der Waals surface area contributed by atoms with Crippen LogP contribution in [0.25, 0.3) is 0 Å². The van der Waals surface area contributed by atoms with Crippen molar-refractivity contribution in [1.29, 1.82) is 0 Å². The van der Waals surface area contributed by atoms with Crippen molar-refractivity contribution in [3.05, 3.63) is 72.9 Å². The third-order valence-electron chi connectivity index (χ3n) is 8.18. The molecule has 2 unspecified atom stereocenters. The lowest BCUT2D eigenvalue weighted by molar-refractivity contribution is -0.161. The number of hydrogen-bond donors (Lipinski definition) is 1. The van der Waals surface area contributed by atoms with Crippen LogP contribution >= 0.6 is 7.82 Å². The molecule has 0 aromatic rings. The predicted octanol–water partition coefficient (Wildman–Crippen LogP) is 12.6. The Kier molecular flexibility index (Phi) is 36.4. The van der Waals surface area contributed by atoms with Crippen LogP contribution in [0.3, 0.4) is 0 Å². The quantitative estimate of drug-likeness (QED) is 0.0292. The van der Waals surface area contributed by atoms with E-state index < -0.39 is 32.5 Å². The highest BCUT2D eigenvalue weighted by Crippen LogP contribution is 2.42. The van der Waals surface area contributed by atoms with Crippen molar-refractivity contribution < 1.29 is 37.6 Å².